The molecule has 7 aliphatic carbocycles. The van der Waals surface area contributed by atoms with Gasteiger partial charge in [-0.1, -0.05) is 145 Å². The van der Waals surface area contributed by atoms with Crippen LogP contribution in [-0.4, -0.2) is 54.8 Å². The molecule has 7 saturated carbocycles. The van der Waals surface area contributed by atoms with E-state index in [9.17, 15) is 20.1 Å². The van der Waals surface area contributed by atoms with Crippen LogP contribution in [0.2, 0.25) is 18.1 Å². The molecule has 0 amide bonds. The third-order valence-corrected chi connectivity index (χ3v) is 25.5. The van der Waals surface area contributed by atoms with Crippen molar-refractivity contribution in [1.82, 2.24) is 0 Å². The normalized spacial score (nSPS) is 39.6. The van der Waals surface area contributed by atoms with Crippen LogP contribution in [-0.2, 0) is 9.22 Å². The fourth-order valence-electron chi connectivity index (χ4n) is 15.3. The first-order valence-corrected chi connectivity index (χ1v) is 30.6. The Morgan fingerprint density at radius 3 is 1.97 bits per heavy atom. The van der Waals surface area contributed by atoms with Crippen molar-refractivity contribution in [1.29, 1.82) is 0 Å². The number of aliphatic hydroxyl groups excluding tert-OH is 3. The van der Waals surface area contributed by atoms with Crippen LogP contribution in [0.5, 0.6) is 0 Å². The Morgan fingerprint density at radius 2 is 1.34 bits per heavy atom. The average Bonchev–Trinajstić information content (AvgIpc) is 3.93. The molecule has 0 aromatic rings. The van der Waals surface area contributed by atoms with Crippen LogP contribution >= 0.6 is 0 Å². The average molecular weight is 955 g/mol. The van der Waals surface area contributed by atoms with E-state index in [4.69, 9.17) is 4.43 Å². The van der Waals surface area contributed by atoms with E-state index in [1.54, 1.807) is 5.57 Å². The second-order valence-electron chi connectivity index (χ2n) is 26.4. The van der Waals surface area contributed by atoms with Crippen LogP contribution in [0.3, 0.4) is 0 Å². The van der Waals surface area contributed by atoms with Gasteiger partial charge in [-0.25, -0.2) is 0 Å². The molecule has 0 aromatic carbocycles. The summed E-state index contributed by atoms with van der Waals surface area (Å²) in [6.07, 6.45) is 32.2. The number of fused-ring (bicyclic) bond motifs is 3. The molecule has 3 N–H and O–H groups in total. The van der Waals surface area contributed by atoms with Gasteiger partial charge in [0.25, 0.3) is 0 Å². The molecule has 16 atom stereocenters. The molecule has 0 bridgehead atoms. The predicted octanol–water partition coefficient (Wildman–Crippen LogP) is 16.4. The molecular formula is C61H112O5Si. The molecule has 0 aromatic heterocycles. The van der Waals surface area contributed by atoms with E-state index < -0.39 is 8.32 Å². The lowest BCUT2D eigenvalue weighted by atomic mass is 9.61. The van der Waals surface area contributed by atoms with Crippen molar-refractivity contribution >= 4 is 14.6 Å². The van der Waals surface area contributed by atoms with Gasteiger partial charge in [-0.05, 0) is 202 Å². The van der Waals surface area contributed by atoms with Crippen LogP contribution in [0, 0.1) is 81.3 Å². The maximum absolute atomic E-state index is 11.3. The van der Waals surface area contributed by atoms with E-state index in [1.165, 1.54) is 94.5 Å². The number of allylic oxidation sites excluding steroid dienone is 6. The van der Waals surface area contributed by atoms with Crippen LogP contribution in [0.15, 0.2) is 47.6 Å². The van der Waals surface area contributed by atoms with Gasteiger partial charge < -0.3 is 24.5 Å². The van der Waals surface area contributed by atoms with Gasteiger partial charge in [0, 0.05) is 21.5 Å². The van der Waals surface area contributed by atoms with Crippen molar-refractivity contribution < 1.29 is 27.4 Å². The van der Waals surface area contributed by atoms with E-state index >= 15 is 0 Å². The van der Waals surface area contributed by atoms with Crippen LogP contribution in [0.4, 0.5) is 0 Å². The number of carbonyl (C=O) groups is 1. The van der Waals surface area contributed by atoms with Gasteiger partial charge in [-0.3, -0.25) is 0 Å². The van der Waals surface area contributed by atoms with Gasteiger partial charge in [0.2, 0.25) is 0 Å². The van der Waals surface area contributed by atoms with Gasteiger partial charge in [0.05, 0.1) is 12.2 Å². The Kier molecular flexibility index (Phi) is 20.8. The molecule has 67 heavy (non-hydrogen) atoms. The molecule has 0 saturated heterocycles. The minimum atomic E-state index is -1.71. The van der Waals surface area contributed by atoms with Crippen molar-refractivity contribution in [2.24, 2.45) is 81.3 Å². The number of aliphatic hydroxyl groups is 3. The van der Waals surface area contributed by atoms with Gasteiger partial charge in [-0.15, -0.1) is 0 Å². The zero-order chi connectivity index (χ0) is 49.0. The largest absolute Gasteiger partial charge is 0.414 e. The molecule has 0 aliphatic heterocycles. The number of rotatable bonds is 11. The molecule has 0 heterocycles. The highest BCUT2D eigenvalue weighted by Gasteiger charge is 2.55. The first kappa shape index (κ1) is 58.3. The molecule has 0 spiro atoms. The van der Waals surface area contributed by atoms with Gasteiger partial charge in [-0.2, -0.15) is 0 Å². The number of hydrogen-bond acceptors (Lipinski definition) is 5. The van der Waals surface area contributed by atoms with Gasteiger partial charge in [0.15, 0.2) is 8.32 Å². The van der Waals surface area contributed by atoms with Crippen molar-refractivity contribution in [2.45, 2.75) is 243 Å². The molecule has 0 radical (unpaired) electrons. The highest BCUT2D eigenvalue weighted by atomic mass is 28.4. The predicted molar refractivity (Wildman–Crippen MR) is 292 cm³/mol. The zero-order valence-corrected chi connectivity index (χ0v) is 46.3. The second kappa shape index (κ2) is 23.9. The van der Waals surface area contributed by atoms with Crippen molar-refractivity contribution in [3.63, 3.8) is 0 Å². The summed E-state index contributed by atoms with van der Waals surface area (Å²) in [7, 11) is -1.71. The maximum atomic E-state index is 11.3. The van der Waals surface area contributed by atoms with Crippen molar-refractivity contribution in [2.75, 3.05) is 6.61 Å². The summed E-state index contributed by atoms with van der Waals surface area (Å²) in [6, 6.07) is 0. The molecule has 6 heteroatoms. The van der Waals surface area contributed by atoms with Crippen molar-refractivity contribution in [3.8, 4) is 0 Å². The summed E-state index contributed by atoms with van der Waals surface area (Å²) in [4.78, 5) is 11.3. The summed E-state index contributed by atoms with van der Waals surface area (Å²) in [5.74, 6) is 6.48. The Labute approximate surface area is 418 Å². The first-order chi connectivity index (χ1) is 30.8. The van der Waals surface area contributed by atoms with Gasteiger partial charge >= 0.3 is 0 Å². The fourth-order valence-corrected chi connectivity index (χ4v) is 16.7. The molecule has 5 nitrogen and oxygen atoms in total. The number of aldehydes is 1. The van der Waals surface area contributed by atoms with E-state index in [0.717, 1.165) is 56.3 Å². The van der Waals surface area contributed by atoms with E-state index in [2.05, 4.69) is 127 Å². The Morgan fingerprint density at radius 1 is 0.761 bits per heavy atom. The van der Waals surface area contributed by atoms with Crippen molar-refractivity contribution in [3.05, 3.63) is 47.6 Å². The van der Waals surface area contributed by atoms with Crippen LogP contribution in [0.1, 0.15) is 209 Å². The maximum Gasteiger partial charge on any atom is 0.192 e. The minimum Gasteiger partial charge on any atom is -0.414 e. The Hall–Kier alpha value is -1.31. The summed E-state index contributed by atoms with van der Waals surface area (Å²) < 4.78 is 6.83. The zero-order valence-electron chi connectivity index (χ0n) is 45.3. The lowest BCUT2D eigenvalue weighted by molar-refractivity contribution is -0.114. The highest BCUT2D eigenvalue weighted by molar-refractivity contribution is 6.74. The van der Waals surface area contributed by atoms with Crippen LogP contribution < -0.4 is 0 Å². The quantitative estimate of drug-likeness (QED) is 0.109. The van der Waals surface area contributed by atoms with E-state index in [-0.39, 0.29) is 33.4 Å². The summed E-state index contributed by atoms with van der Waals surface area (Å²) >= 11 is 0. The molecule has 7 rings (SSSR count). The molecular weight excluding hydrogens is 841 g/mol. The minimum absolute atomic E-state index is 0. The summed E-state index contributed by atoms with van der Waals surface area (Å²) in [5.41, 5.74) is 5.21. The molecule has 0 unspecified atom stereocenters. The standard InChI is InChI=1S/C28H44O.C19H36O2Si.C13H24O2.CH4.2H2/c1-19(2)20(3)9-10-22(5)26-15-16-27-23(8-7-17-28(26,27)6)12-13-24-18-25(29)14-11-21(24)4;1-14(13-20)15-10-11-16-17(9-8-12-19(15,16)5)21-22(6,7)18(2,3)4;1-9(8-14)10-5-6-11-12(15)4-3-7-13(10,11)2;;;/h9-10,12-13,19-20,22,25-27,29H,4,7-8,11,14-18H2,1-3,5-6H3;13-17H,8-12H2,1-7H3;9-12,14-15H,3-8H2,1-2H3;1H4;2*1H/b10-9+,23-12+,24-13-;;;;;/t20-,22+,25-,26+,27-,28+;14-,15-,16+,17+,19-;9-,10-,11+,12+,13-;;;/m011.../s1/i;;;;1+1;. The number of carbonyl (C=O) groups excluding carboxylic acids is 1. The second-order valence-corrected chi connectivity index (χ2v) is 31.1. The topological polar surface area (TPSA) is 87.0 Å². The third kappa shape index (κ3) is 13.0. The fraction of sp³-hybridized carbons (Fsp3) is 0.852. The Balaban J connectivity index is 0.000000364. The number of hydrogen-bond donors (Lipinski definition) is 3. The smallest absolute Gasteiger partial charge is 0.192 e. The Bertz CT molecular complexity index is 1700. The lowest BCUT2D eigenvalue weighted by Gasteiger charge is -2.49. The van der Waals surface area contributed by atoms with E-state index in [0.29, 0.717) is 70.4 Å². The monoisotopic (exact) mass is 954 g/mol. The van der Waals surface area contributed by atoms with Crippen LogP contribution in [0.25, 0.3) is 0 Å². The lowest BCUT2D eigenvalue weighted by Crippen LogP contribution is -2.50. The molecule has 390 valence electrons. The highest BCUT2D eigenvalue weighted by Crippen LogP contribution is 2.61. The summed E-state index contributed by atoms with van der Waals surface area (Å²) in [5, 5.41) is 29.7. The van der Waals surface area contributed by atoms with E-state index in [1.807, 2.05) is 0 Å². The first-order valence-electron chi connectivity index (χ1n) is 27.7. The SMILES string of the molecule is C.C=C1CC[C@H](O)C/C1=C/C=C1\CCC[C@]2(C)[C@@H]([C@H](C)/C=C/[C@H](C)C(C)C)CC[C@@H]12.C[C@H](C=O)[C@H]1CC[C@H]2[C@@H](O[Si](C)(C)C(C)(C)C)CCC[C@]12C.C[C@H](CO)[C@H]1CC[C@H]2[C@@H](O)CCC[C@]12C.[2HH].[HH]. The molecule has 7 aliphatic rings. The molecule has 7 fully saturated rings. The summed E-state index contributed by atoms with van der Waals surface area (Å²) in [6.45, 7) is 37.3. The third-order valence-electron chi connectivity index (χ3n) is 21.0. The van der Waals surface area contributed by atoms with Gasteiger partial charge in [0.1, 0.15) is 6.29 Å².